The van der Waals surface area contributed by atoms with Crippen molar-refractivity contribution in [1.82, 2.24) is 9.80 Å². The molecule has 1 saturated heterocycles. The fourth-order valence-electron chi connectivity index (χ4n) is 3.07. The van der Waals surface area contributed by atoms with Crippen molar-refractivity contribution in [2.75, 3.05) is 33.3 Å². The molecule has 1 fully saturated rings. The summed E-state index contributed by atoms with van der Waals surface area (Å²) in [7, 11) is 1.62. The average Bonchev–Trinajstić information content (AvgIpc) is 2.69. The highest BCUT2D eigenvalue weighted by atomic mass is 16.5. The number of nitrogens with zero attached hydrogens (tertiary/aromatic N) is 2. The van der Waals surface area contributed by atoms with Crippen LogP contribution in [0.15, 0.2) is 48.5 Å². The second-order valence-corrected chi connectivity index (χ2v) is 6.56. The molecule has 1 aliphatic rings. The van der Waals surface area contributed by atoms with Crippen molar-refractivity contribution in [1.29, 1.82) is 0 Å². The number of benzene rings is 2. The Morgan fingerprint density at radius 1 is 0.885 bits per heavy atom. The normalized spacial score (nSPS) is 14.2. The Morgan fingerprint density at radius 3 is 2.04 bits per heavy atom. The number of carbonyl (C=O) groups is 2. The maximum Gasteiger partial charge on any atom is 0.253 e. The molecule has 1 aliphatic heterocycles. The molecule has 2 amide bonds. The van der Waals surface area contributed by atoms with Gasteiger partial charge in [-0.1, -0.05) is 29.8 Å². The molecule has 0 N–H and O–H groups in total. The van der Waals surface area contributed by atoms with Crippen LogP contribution in [0.5, 0.6) is 5.75 Å². The zero-order valence-electron chi connectivity index (χ0n) is 15.3. The maximum atomic E-state index is 12.5. The molecule has 0 unspecified atom stereocenters. The van der Waals surface area contributed by atoms with Crippen LogP contribution in [0.2, 0.25) is 0 Å². The van der Waals surface area contributed by atoms with Gasteiger partial charge in [-0.2, -0.15) is 0 Å². The summed E-state index contributed by atoms with van der Waals surface area (Å²) in [6.07, 6.45) is 0.371. The monoisotopic (exact) mass is 352 g/mol. The molecule has 5 nitrogen and oxygen atoms in total. The van der Waals surface area contributed by atoms with Gasteiger partial charge in [-0.15, -0.1) is 0 Å². The zero-order valence-corrected chi connectivity index (χ0v) is 15.3. The van der Waals surface area contributed by atoms with Crippen molar-refractivity contribution in [2.45, 2.75) is 13.3 Å². The number of hydrogen-bond donors (Lipinski definition) is 0. The minimum Gasteiger partial charge on any atom is -0.497 e. The van der Waals surface area contributed by atoms with Crippen LogP contribution < -0.4 is 4.74 Å². The largest absolute Gasteiger partial charge is 0.497 e. The fourth-order valence-corrected chi connectivity index (χ4v) is 3.07. The van der Waals surface area contributed by atoms with Crippen molar-refractivity contribution >= 4 is 11.8 Å². The van der Waals surface area contributed by atoms with E-state index >= 15 is 0 Å². The molecule has 1 heterocycles. The minimum atomic E-state index is 0.0345. The Balaban J connectivity index is 1.53. The van der Waals surface area contributed by atoms with E-state index in [2.05, 4.69) is 0 Å². The summed E-state index contributed by atoms with van der Waals surface area (Å²) in [5, 5.41) is 0. The molecule has 0 atom stereocenters. The van der Waals surface area contributed by atoms with E-state index in [9.17, 15) is 9.59 Å². The lowest BCUT2D eigenvalue weighted by atomic mass is 10.1. The van der Waals surface area contributed by atoms with Gasteiger partial charge in [-0.05, 0) is 36.8 Å². The first-order chi connectivity index (χ1) is 12.6. The molecule has 5 heteroatoms. The molecule has 3 rings (SSSR count). The Bertz CT molecular complexity index is 761. The van der Waals surface area contributed by atoms with Gasteiger partial charge in [0.05, 0.1) is 13.5 Å². The summed E-state index contributed by atoms with van der Waals surface area (Å²) in [6.45, 7) is 4.29. The molecule has 2 aromatic rings. The van der Waals surface area contributed by atoms with Crippen molar-refractivity contribution in [2.24, 2.45) is 0 Å². The predicted octanol–water partition coefficient (Wildman–Crippen LogP) is 2.53. The molecule has 0 radical (unpaired) electrons. The molecule has 0 aromatic heterocycles. The van der Waals surface area contributed by atoms with Gasteiger partial charge in [0.25, 0.3) is 5.91 Å². The van der Waals surface area contributed by atoms with E-state index in [1.807, 2.05) is 65.3 Å². The SMILES string of the molecule is COc1ccc(CC(=O)N2CCN(C(=O)c3ccc(C)cc3)CC2)cc1. The zero-order chi connectivity index (χ0) is 18.5. The topological polar surface area (TPSA) is 49.9 Å². The van der Waals surface area contributed by atoms with Crippen molar-refractivity contribution in [3.63, 3.8) is 0 Å². The van der Waals surface area contributed by atoms with Crippen LogP contribution in [0.3, 0.4) is 0 Å². The molecular weight excluding hydrogens is 328 g/mol. The number of amides is 2. The van der Waals surface area contributed by atoms with Crippen LogP contribution in [0, 0.1) is 6.92 Å². The summed E-state index contributed by atoms with van der Waals surface area (Å²) >= 11 is 0. The summed E-state index contributed by atoms with van der Waals surface area (Å²) < 4.78 is 5.13. The first-order valence-electron chi connectivity index (χ1n) is 8.83. The molecule has 0 saturated carbocycles. The van der Waals surface area contributed by atoms with E-state index < -0.39 is 0 Å². The quantitative estimate of drug-likeness (QED) is 0.850. The number of carbonyl (C=O) groups excluding carboxylic acids is 2. The Hall–Kier alpha value is -2.82. The second kappa shape index (κ2) is 8.04. The van der Waals surface area contributed by atoms with Crippen LogP contribution in [0.4, 0.5) is 0 Å². The van der Waals surface area contributed by atoms with Crippen molar-refractivity contribution < 1.29 is 14.3 Å². The highest BCUT2D eigenvalue weighted by Gasteiger charge is 2.24. The van der Waals surface area contributed by atoms with Gasteiger partial charge in [0.2, 0.25) is 5.91 Å². The van der Waals surface area contributed by atoms with Crippen LogP contribution in [0.1, 0.15) is 21.5 Å². The van der Waals surface area contributed by atoms with E-state index in [4.69, 9.17) is 4.74 Å². The van der Waals surface area contributed by atoms with E-state index in [0.29, 0.717) is 38.2 Å². The molecule has 0 bridgehead atoms. The van der Waals surface area contributed by atoms with E-state index in [0.717, 1.165) is 16.9 Å². The van der Waals surface area contributed by atoms with Crippen molar-refractivity contribution in [3.8, 4) is 5.75 Å². The third-order valence-electron chi connectivity index (χ3n) is 4.73. The number of hydrogen-bond acceptors (Lipinski definition) is 3. The van der Waals surface area contributed by atoms with E-state index in [1.54, 1.807) is 7.11 Å². The summed E-state index contributed by atoms with van der Waals surface area (Å²) in [5.41, 5.74) is 2.80. The third-order valence-corrected chi connectivity index (χ3v) is 4.73. The second-order valence-electron chi connectivity index (χ2n) is 6.56. The van der Waals surface area contributed by atoms with Gasteiger partial charge in [-0.3, -0.25) is 9.59 Å². The highest BCUT2D eigenvalue weighted by molar-refractivity contribution is 5.94. The Morgan fingerprint density at radius 2 is 1.46 bits per heavy atom. The van der Waals surface area contributed by atoms with Crippen LogP contribution in [-0.4, -0.2) is 54.9 Å². The van der Waals surface area contributed by atoms with E-state index in [1.165, 1.54) is 0 Å². The lowest BCUT2D eigenvalue weighted by Gasteiger charge is -2.35. The number of piperazine rings is 1. The van der Waals surface area contributed by atoms with Gasteiger partial charge in [-0.25, -0.2) is 0 Å². The van der Waals surface area contributed by atoms with E-state index in [-0.39, 0.29) is 11.8 Å². The summed E-state index contributed by atoms with van der Waals surface area (Å²) in [6, 6.07) is 15.2. The minimum absolute atomic E-state index is 0.0345. The number of aryl methyl sites for hydroxylation is 1. The number of rotatable bonds is 4. The van der Waals surface area contributed by atoms with Gasteiger partial charge in [0, 0.05) is 31.7 Å². The first kappa shape index (κ1) is 18.0. The maximum absolute atomic E-state index is 12.5. The molecule has 0 aliphatic carbocycles. The first-order valence-corrected chi connectivity index (χ1v) is 8.83. The number of methoxy groups -OCH3 is 1. The molecule has 136 valence electrons. The Labute approximate surface area is 154 Å². The third kappa shape index (κ3) is 4.23. The van der Waals surface area contributed by atoms with Gasteiger partial charge < -0.3 is 14.5 Å². The molecule has 0 spiro atoms. The average molecular weight is 352 g/mol. The fraction of sp³-hybridized carbons (Fsp3) is 0.333. The summed E-state index contributed by atoms with van der Waals surface area (Å²) in [4.78, 5) is 28.7. The van der Waals surface area contributed by atoms with Crippen LogP contribution in [0.25, 0.3) is 0 Å². The molecule has 2 aromatic carbocycles. The summed E-state index contributed by atoms with van der Waals surface area (Å²) in [5.74, 6) is 0.911. The molecular formula is C21H24N2O3. The van der Waals surface area contributed by atoms with Crippen LogP contribution in [-0.2, 0) is 11.2 Å². The standard InChI is InChI=1S/C21H24N2O3/c1-16-3-7-18(8-4-16)21(25)23-13-11-22(12-14-23)20(24)15-17-5-9-19(26-2)10-6-17/h3-10H,11-15H2,1-2H3. The molecule has 26 heavy (non-hydrogen) atoms. The van der Waals surface area contributed by atoms with Gasteiger partial charge >= 0.3 is 0 Å². The smallest absolute Gasteiger partial charge is 0.253 e. The lowest BCUT2D eigenvalue weighted by molar-refractivity contribution is -0.131. The van der Waals surface area contributed by atoms with Gasteiger partial charge in [0.15, 0.2) is 0 Å². The predicted molar refractivity (Wildman–Crippen MR) is 100 cm³/mol. The Kier molecular flexibility index (Phi) is 5.56. The van der Waals surface area contributed by atoms with Crippen LogP contribution >= 0.6 is 0 Å². The van der Waals surface area contributed by atoms with Crippen molar-refractivity contribution in [3.05, 3.63) is 65.2 Å². The number of ether oxygens (including phenoxy) is 1. The highest BCUT2D eigenvalue weighted by Crippen LogP contribution is 2.14. The van der Waals surface area contributed by atoms with Gasteiger partial charge in [0.1, 0.15) is 5.75 Å². The lowest BCUT2D eigenvalue weighted by Crippen LogP contribution is -2.51.